The van der Waals surface area contributed by atoms with Gasteiger partial charge in [0.1, 0.15) is 5.75 Å². The number of aliphatic imine (C=N–C) groups is 1. The monoisotopic (exact) mass is 396 g/mol. The molecule has 2 aromatic rings. The van der Waals surface area contributed by atoms with Crippen LogP contribution in [-0.4, -0.2) is 25.5 Å². The van der Waals surface area contributed by atoms with Gasteiger partial charge in [-0.05, 0) is 36.6 Å². The lowest BCUT2D eigenvalue weighted by atomic mass is 10.1. The molecule has 156 valence electrons. The number of benzene rings is 2. The van der Waals surface area contributed by atoms with E-state index >= 15 is 0 Å². The third-order valence-corrected chi connectivity index (χ3v) is 4.40. The topological polar surface area (TPSA) is 74.8 Å². The van der Waals surface area contributed by atoms with Gasteiger partial charge in [0, 0.05) is 20.0 Å². The van der Waals surface area contributed by atoms with Crippen LogP contribution in [0, 0.1) is 6.92 Å². The van der Waals surface area contributed by atoms with E-state index in [1.165, 1.54) is 18.1 Å². The van der Waals surface area contributed by atoms with Crippen LogP contribution in [0.15, 0.2) is 47.5 Å². The SMILES string of the molecule is CCCCNC(=NCc1ccc(OC)c(NC(C)=O)c1)NCc1ccc(C)cc1. The second-order valence-electron chi connectivity index (χ2n) is 7.00. The number of ether oxygens (including phenoxy) is 1. The van der Waals surface area contributed by atoms with Gasteiger partial charge < -0.3 is 20.7 Å². The maximum atomic E-state index is 11.4. The third kappa shape index (κ3) is 7.86. The Hall–Kier alpha value is -3.02. The van der Waals surface area contributed by atoms with Crippen LogP contribution in [0.3, 0.4) is 0 Å². The summed E-state index contributed by atoms with van der Waals surface area (Å²) in [4.78, 5) is 16.1. The van der Waals surface area contributed by atoms with Crippen molar-refractivity contribution in [3.05, 3.63) is 59.2 Å². The number of anilines is 1. The smallest absolute Gasteiger partial charge is 0.221 e. The van der Waals surface area contributed by atoms with Gasteiger partial charge in [0.05, 0.1) is 19.3 Å². The number of hydrogen-bond donors (Lipinski definition) is 3. The predicted octanol–water partition coefficient (Wildman–Crippen LogP) is 4.00. The zero-order valence-corrected chi connectivity index (χ0v) is 17.8. The maximum absolute atomic E-state index is 11.4. The molecular formula is C23H32N4O2. The number of nitrogens with one attached hydrogen (secondary N) is 3. The fourth-order valence-corrected chi connectivity index (χ4v) is 2.76. The number of hydrogen-bond acceptors (Lipinski definition) is 3. The first-order valence-corrected chi connectivity index (χ1v) is 10.0. The molecule has 0 heterocycles. The molecule has 0 saturated carbocycles. The Labute approximate surface area is 173 Å². The highest BCUT2D eigenvalue weighted by molar-refractivity contribution is 5.90. The number of aryl methyl sites for hydroxylation is 1. The van der Waals surface area contributed by atoms with Crippen molar-refractivity contribution in [1.29, 1.82) is 0 Å². The predicted molar refractivity (Wildman–Crippen MR) is 119 cm³/mol. The lowest BCUT2D eigenvalue weighted by molar-refractivity contribution is -0.114. The quantitative estimate of drug-likeness (QED) is 0.340. The number of guanidine groups is 1. The fourth-order valence-electron chi connectivity index (χ4n) is 2.76. The van der Waals surface area contributed by atoms with Gasteiger partial charge in [0.25, 0.3) is 0 Å². The van der Waals surface area contributed by atoms with E-state index in [9.17, 15) is 4.79 Å². The molecule has 0 bridgehead atoms. The van der Waals surface area contributed by atoms with E-state index in [0.29, 0.717) is 24.5 Å². The number of amides is 1. The maximum Gasteiger partial charge on any atom is 0.221 e. The van der Waals surface area contributed by atoms with Gasteiger partial charge in [-0.2, -0.15) is 0 Å². The van der Waals surface area contributed by atoms with Crippen molar-refractivity contribution >= 4 is 17.6 Å². The molecule has 0 aliphatic carbocycles. The summed E-state index contributed by atoms with van der Waals surface area (Å²) in [6.07, 6.45) is 2.21. The second-order valence-corrected chi connectivity index (χ2v) is 7.00. The standard InChI is InChI=1S/C23H32N4O2/c1-5-6-13-24-23(25-15-19-9-7-17(2)8-10-19)26-16-20-11-12-22(29-4)21(14-20)27-18(3)28/h7-12,14H,5-6,13,15-16H2,1-4H3,(H,27,28)(H2,24,25,26). The summed E-state index contributed by atoms with van der Waals surface area (Å²) in [5, 5.41) is 9.59. The number of unbranched alkanes of at least 4 members (excludes halogenated alkanes) is 1. The fraction of sp³-hybridized carbons (Fsp3) is 0.391. The highest BCUT2D eigenvalue weighted by Crippen LogP contribution is 2.25. The summed E-state index contributed by atoms with van der Waals surface area (Å²) < 4.78 is 5.31. The Morgan fingerprint density at radius 3 is 2.45 bits per heavy atom. The van der Waals surface area contributed by atoms with Crippen LogP contribution >= 0.6 is 0 Å². The molecule has 0 unspecified atom stereocenters. The van der Waals surface area contributed by atoms with Crippen LogP contribution in [0.1, 0.15) is 43.4 Å². The summed E-state index contributed by atoms with van der Waals surface area (Å²) in [6, 6.07) is 14.2. The Morgan fingerprint density at radius 1 is 1.07 bits per heavy atom. The van der Waals surface area contributed by atoms with Crippen molar-refractivity contribution in [2.45, 2.75) is 46.7 Å². The minimum Gasteiger partial charge on any atom is -0.495 e. The van der Waals surface area contributed by atoms with Crippen LogP contribution in [0.4, 0.5) is 5.69 Å². The van der Waals surface area contributed by atoms with Crippen molar-refractivity contribution < 1.29 is 9.53 Å². The van der Waals surface area contributed by atoms with E-state index < -0.39 is 0 Å². The van der Waals surface area contributed by atoms with Crippen LogP contribution < -0.4 is 20.7 Å². The third-order valence-electron chi connectivity index (χ3n) is 4.40. The van der Waals surface area contributed by atoms with Crippen LogP contribution in [-0.2, 0) is 17.9 Å². The van der Waals surface area contributed by atoms with Gasteiger partial charge in [-0.1, -0.05) is 49.2 Å². The summed E-state index contributed by atoms with van der Waals surface area (Å²) >= 11 is 0. The summed E-state index contributed by atoms with van der Waals surface area (Å²) in [5.74, 6) is 1.27. The Balaban J connectivity index is 2.08. The summed E-state index contributed by atoms with van der Waals surface area (Å²) in [6.45, 7) is 7.80. The van der Waals surface area contributed by atoms with E-state index in [-0.39, 0.29) is 5.91 Å². The van der Waals surface area contributed by atoms with Crippen molar-refractivity contribution in [3.8, 4) is 5.75 Å². The molecule has 29 heavy (non-hydrogen) atoms. The van der Waals surface area contributed by atoms with Crippen LogP contribution in [0.5, 0.6) is 5.75 Å². The van der Waals surface area contributed by atoms with E-state index in [4.69, 9.17) is 9.73 Å². The molecule has 0 spiro atoms. The summed E-state index contributed by atoms with van der Waals surface area (Å²) in [5.41, 5.74) is 4.10. The van der Waals surface area contributed by atoms with E-state index in [2.05, 4.69) is 54.1 Å². The average molecular weight is 397 g/mol. The number of carbonyl (C=O) groups excluding carboxylic acids is 1. The molecular weight excluding hydrogens is 364 g/mol. The summed E-state index contributed by atoms with van der Waals surface area (Å²) in [7, 11) is 1.59. The molecule has 2 aromatic carbocycles. The average Bonchev–Trinajstić information content (AvgIpc) is 2.70. The largest absolute Gasteiger partial charge is 0.495 e. The molecule has 1 amide bonds. The minimum atomic E-state index is -0.134. The van der Waals surface area contributed by atoms with Gasteiger partial charge in [0.15, 0.2) is 5.96 Å². The van der Waals surface area contributed by atoms with Crippen molar-refractivity contribution in [2.24, 2.45) is 4.99 Å². The molecule has 0 atom stereocenters. The molecule has 6 heteroatoms. The lowest BCUT2D eigenvalue weighted by Crippen LogP contribution is -2.37. The molecule has 6 nitrogen and oxygen atoms in total. The molecule has 3 N–H and O–H groups in total. The molecule has 0 aliphatic heterocycles. The highest BCUT2D eigenvalue weighted by Gasteiger charge is 2.06. The zero-order valence-electron chi connectivity index (χ0n) is 17.8. The van der Waals surface area contributed by atoms with Crippen molar-refractivity contribution in [3.63, 3.8) is 0 Å². The molecule has 0 radical (unpaired) electrons. The van der Waals surface area contributed by atoms with Gasteiger partial charge in [-0.15, -0.1) is 0 Å². The minimum absolute atomic E-state index is 0.134. The lowest BCUT2D eigenvalue weighted by Gasteiger charge is -2.14. The molecule has 0 aliphatic rings. The zero-order chi connectivity index (χ0) is 21.1. The molecule has 0 saturated heterocycles. The molecule has 0 aromatic heterocycles. The van der Waals surface area contributed by atoms with E-state index in [0.717, 1.165) is 30.9 Å². The van der Waals surface area contributed by atoms with Crippen LogP contribution in [0.2, 0.25) is 0 Å². The first kappa shape index (κ1) is 22.3. The van der Waals surface area contributed by atoms with Crippen molar-refractivity contribution in [1.82, 2.24) is 10.6 Å². The molecule has 0 fully saturated rings. The van der Waals surface area contributed by atoms with Gasteiger partial charge in [-0.25, -0.2) is 4.99 Å². The number of nitrogens with zero attached hydrogens (tertiary/aromatic N) is 1. The van der Waals surface area contributed by atoms with Gasteiger partial charge in [0.2, 0.25) is 5.91 Å². The van der Waals surface area contributed by atoms with Crippen LogP contribution in [0.25, 0.3) is 0 Å². The molecule has 2 rings (SSSR count). The second kappa shape index (κ2) is 11.7. The Bertz CT molecular complexity index is 816. The van der Waals surface area contributed by atoms with E-state index in [1.807, 2.05) is 18.2 Å². The first-order chi connectivity index (χ1) is 14.0. The highest BCUT2D eigenvalue weighted by atomic mass is 16.5. The van der Waals surface area contributed by atoms with Gasteiger partial charge in [-0.3, -0.25) is 4.79 Å². The number of methoxy groups -OCH3 is 1. The Kier molecular flexibility index (Phi) is 9.02. The number of carbonyl (C=O) groups is 1. The van der Waals surface area contributed by atoms with Gasteiger partial charge >= 0.3 is 0 Å². The van der Waals surface area contributed by atoms with Crippen molar-refractivity contribution in [2.75, 3.05) is 19.0 Å². The van der Waals surface area contributed by atoms with E-state index in [1.54, 1.807) is 7.11 Å². The Morgan fingerprint density at radius 2 is 1.79 bits per heavy atom. The first-order valence-electron chi connectivity index (χ1n) is 10.0. The number of rotatable bonds is 9. The normalized spacial score (nSPS) is 11.1.